The maximum atomic E-state index is 4.72. The standard InChI is InChI=1S/C4H5BrN2O2/c1-8-2-3-6-4(5)7-9-3/h2H2,1H3. The highest BCUT2D eigenvalue weighted by atomic mass is 79.9. The summed E-state index contributed by atoms with van der Waals surface area (Å²) in [6.45, 7) is 0.360. The smallest absolute Gasteiger partial charge is 0.253 e. The van der Waals surface area contributed by atoms with E-state index in [-0.39, 0.29) is 0 Å². The van der Waals surface area contributed by atoms with Gasteiger partial charge in [0.15, 0.2) is 0 Å². The fourth-order valence-electron chi connectivity index (χ4n) is 0.416. The lowest BCUT2D eigenvalue weighted by Crippen LogP contribution is -1.85. The third-order valence-corrected chi connectivity index (χ3v) is 1.03. The van der Waals surface area contributed by atoms with E-state index in [9.17, 15) is 0 Å². The molecule has 4 nitrogen and oxygen atoms in total. The predicted molar refractivity (Wildman–Crippen MR) is 32.7 cm³/mol. The maximum absolute atomic E-state index is 4.72. The van der Waals surface area contributed by atoms with Crippen LogP contribution in [0.5, 0.6) is 0 Å². The van der Waals surface area contributed by atoms with Crippen LogP contribution in [-0.4, -0.2) is 17.3 Å². The minimum Gasteiger partial charge on any atom is -0.375 e. The number of halogens is 1. The van der Waals surface area contributed by atoms with E-state index in [0.717, 1.165) is 0 Å². The van der Waals surface area contributed by atoms with E-state index in [2.05, 4.69) is 30.6 Å². The zero-order chi connectivity index (χ0) is 6.69. The first-order valence-corrected chi connectivity index (χ1v) is 3.09. The van der Waals surface area contributed by atoms with Gasteiger partial charge in [-0.1, -0.05) is 0 Å². The number of aromatic nitrogens is 2. The number of ether oxygens (including phenoxy) is 1. The summed E-state index contributed by atoms with van der Waals surface area (Å²) >= 11 is 3.03. The first kappa shape index (κ1) is 6.70. The Hall–Kier alpha value is -0.420. The number of nitrogens with zero attached hydrogens (tertiary/aromatic N) is 2. The van der Waals surface area contributed by atoms with Gasteiger partial charge in [-0.05, 0) is 21.1 Å². The van der Waals surface area contributed by atoms with Crippen molar-refractivity contribution in [3.8, 4) is 0 Å². The van der Waals surface area contributed by atoms with Crippen LogP contribution in [0, 0.1) is 0 Å². The fourth-order valence-corrected chi connectivity index (χ4v) is 0.686. The lowest BCUT2D eigenvalue weighted by atomic mass is 10.7. The van der Waals surface area contributed by atoms with Crippen LogP contribution in [0.2, 0.25) is 0 Å². The van der Waals surface area contributed by atoms with E-state index >= 15 is 0 Å². The van der Waals surface area contributed by atoms with Gasteiger partial charge in [-0.25, -0.2) is 0 Å². The Labute approximate surface area is 60.3 Å². The molecule has 0 spiro atoms. The van der Waals surface area contributed by atoms with Gasteiger partial charge in [0.25, 0.3) is 5.89 Å². The minimum atomic E-state index is 0.360. The van der Waals surface area contributed by atoms with E-state index in [1.165, 1.54) is 0 Å². The summed E-state index contributed by atoms with van der Waals surface area (Å²) in [5.74, 6) is 0.476. The molecular weight excluding hydrogens is 188 g/mol. The Kier molecular flexibility index (Phi) is 2.18. The molecule has 0 fully saturated rings. The average Bonchev–Trinajstić information content (AvgIpc) is 2.17. The van der Waals surface area contributed by atoms with E-state index in [1.807, 2.05) is 0 Å². The molecule has 0 aromatic carbocycles. The molecule has 0 atom stereocenters. The first-order chi connectivity index (χ1) is 4.33. The largest absolute Gasteiger partial charge is 0.375 e. The second kappa shape index (κ2) is 2.93. The van der Waals surface area contributed by atoms with Crippen LogP contribution in [0.3, 0.4) is 0 Å². The fraction of sp³-hybridized carbons (Fsp3) is 0.500. The van der Waals surface area contributed by atoms with Gasteiger partial charge in [-0.2, -0.15) is 4.98 Å². The van der Waals surface area contributed by atoms with Crippen molar-refractivity contribution in [3.05, 3.63) is 10.6 Å². The molecule has 1 aromatic rings. The van der Waals surface area contributed by atoms with E-state index in [1.54, 1.807) is 7.11 Å². The van der Waals surface area contributed by atoms with E-state index in [0.29, 0.717) is 17.2 Å². The first-order valence-electron chi connectivity index (χ1n) is 2.30. The molecule has 0 aliphatic carbocycles. The second-order valence-corrected chi connectivity index (χ2v) is 2.10. The number of hydrogen-bond donors (Lipinski definition) is 0. The molecule has 0 N–H and O–H groups in total. The van der Waals surface area contributed by atoms with Gasteiger partial charge in [0.1, 0.15) is 6.61 Å². The van der Waals surface area contributed by atoms with E-state index < -0.39 is 0 Å². The van der Waals surface area contributed by atoms with Crippen LogP contribution < -0.4 is 0 Å². The van der Waals surface area contributed by atoms with Gasteiger partial charge in [0, 0.05) is 7.11 Å². The zero-order valence-electron chi connectivity index (χ0n) is 4.80. The van der Waals surface area contributed by atoms with Crippen molar-refractivity contribution in [2.75, 3.05) is 7.11 Å². The van der Waals surface area contributed by atoms with Crippen LogP contribution >= 0.6 is 15.9 Å². The highest BCUT2D eigenvalue weighted by Crippen LogP contribution is 2.03. The molecule has 0 bridgehead atoms. The lowest BCUT2D eigenvalue weighted by Gasteiger charge is -1.85. The topological polar surface area (TPSA) is 48.2 Å². The molecule has 0 saturated heterocycles. The molecule has 1 rings (SSSR count). The number of hydrogen-bond acceptors (Lipinski definition) is 4. The van der Waals surface area contributed by atoms with Crippen molar-refractivity contribution in [1.29, 1.82) is 0 Å². The molecule has 0 aliphatic heterocycles. The SMILES string of the molecule is COCc1nc(Br)no1. The lowest BCUT2D eigenvalue weighted by molar-refractivity contribution is 0.151. The summed E-state index contributed by atoms with van der Waals surface area (Å²) in [6.07, 6.45) is 0. The van der Waals surface area contributed by atoms with Gasteiger partial charge in [-0.15, -0.1) is 0 Å². The summed E-state index contributed by atoms with van der Waals surface area (Å²) in [5.41, 5.74) is 0. The summed E-state index contributed by atoms with van der Waals surface area (Å²) in [4.78, 5) is 3.81. The van der Waals surface area contributed by atoms with Crippen LogP contribution in [0.15, 0.2) is 9.26 Å². The Morgan fingerprint density at radius 2 is 2.56 bits per heavy atom. The normalized spacial score (nSPS) is 10.0. The summed E-state index contributed by atoms with van der Waals surface area (Å²) < 4.78 is 9.85. The molecule has 0 unspecified atom stereocenters. The third-order valence-electron chi connectivity index (χ3n) is 0.711. The van der Waals surface area contributed by atoms with Crippen LogP contribution in [0.1, 0.15) is 5.89 Å². The number of methoxy groups -OCH3 is 1. The molecular formula is C4H5BrN2O2. The van der Waals surface area contributed by atoms with Crippen LogP contribution in [-0.2, 0) is 11.3 Å². The maximum Gasteiger partial charge on any atom is 0.253 e. The minimum absolute atomic E-state index is 0.360. The van der Waals surface area contributed by atoms with Crippen molar-refractivity contribution >= 4 is 15.9 Å². The Morgan fingerprint density at radius 3 is 3.00 bits per heavy atom. The molecule has 0 saturated carbocycles. The Bertz CT molecular complexity index is 188. The molecule has 50 valence electrons. The Balaban J connectivity index is 2.61. The van der Waals surface area contributed by atoms with Gasteiger partial charge >= 0.3 is 0 Å². The van der Waals surface area contributed by atoms with Crippen molar-refractivity contribution in [1.82, 2.24) is 10.1 Å². The molecule has 1 aromatic heterocycles. The van der Waals surface area contributed by atoms with Crippen molar-refractivity contribution < 1.29 is 9.26 Å². The van der Waals surface area contributed by atoms with Crippen molar-refractivity contribution in [3.63, 3.8) is 0 Å². The second-order valence-electron chi connectivity index (χ2n) is 1.39. The summed E-state index contributed by atoms with van der Waals surface area (Å²) in [7, 11) is 1.57. The number of rotatable bonds is 2. The molecule has 0 aliphatic rings. The van der Waals surface area contributed by atoms with Crippen molar-refractivity contribution in [2.45, 2.75) is 6.61 Å². The van der Waals surface area contributed by atoms with Gasteiger partial charge in [-0.3, -0.25) is 0 Å². The van der Waals surface area contributed by atoms with Crippen LogP contribution in [0.25, 0.3) is 0 Å². The quantitative estimate of drug-likeness (QED) is 0.702. The molecule has 1 heterocycles. The van der Waals surface area contributed by atoms with Gasteiger partial charge < -0.3 is 9.26 Å². The molecule has 0 radical (unpaired) electrons. The van der Waals surface area contributed by atoms with E-state index in [4.69, 9.17) is 4.74 Å². The molecule has 0 amide bonds. The van der Waals surface area contributed by atoms with Gasteiger partial charge in [0.2, 0.25) is 4.73 Å². The average molecular weight is 193 g/mol. The zero-order valence-corrected chi connectivity index (χ0v) is 6.38. The molecule has 5 heteroatoms. The Morgan fingerprint density at radius 1 is 1.78 bits per heavy atom. The predicted octanol–water partition coefficient (Wildman–Crippen LogP) is 0.978. The summed E-state index contributed by atoms with van der Waals surface area (Å²) in [6, 6.07) is 0. The highest BCUT2D eigenvalue weighted by Gasteiger charge is 2.00. The summed E-state index contributed by atoms with van der Waals surface area (Å²) in [5, 5.41) is 3.49. The van der Waals surface area contributed by atoms with Gasteiger partial charge in [0.05, 0.1) is 0 Å². The van der Waals surface area contributed by atoms with Crippen LogP contribution in [0.4, 0.5) is 0 Å². The third kappa shape index (κ3) is 1.76. The highest BCUT2D eigenvalue weighted by molar-refractivity contribution is 9.10. The van der Waals surface area contributed by atoms with Crippen molar-refractivity contribution in [2.24, 2.45) is 0 Å². The molecule has 9 heavy (non-hydrogen) atoms. The monoisotopic (exact) mass is 192 g/mol.